The van der Waals surface area contributed by atoms with Crippen molar-refractivity contribution < 1.29 is 8.23 Å². The van der Waals surface area contributed by atoms with Crippen molar-refractivity contribution in [1.82, 2.24) is 0 Å². The first-order chi connectivity index (χ1) is 11.2. The molecule has 0 fully saturated rings. The fourth-order valence-corrected chi connectivity index (χ4v) is 15.4. The van der Waals surface area contributed by atoms with Gasteiger partial charge >= 0.3 is 8.56 Å². The highest BCUT2D eigenvalue weighted by Crippen LogP contribution is 2.25. The molecule has 0 aliphatic rings. The van der Waals surface area contributed by atoms with E-state index in [0.717, 1.165) is 0 Å². The van der Waals surface area contributed by atoms with Gasteiger partial charge in [-0.25, -0.2) is 0 Å². The van der Waals surface area contributed by atoms with Gasteiger partial charge in [-0.15, -0.1) is 6.58 Å². The lowest BCUT2D eigenvalue weighted by molar-refractivity contribution is 0.400. The van der Waals surface area contributed by atoms with Crippen molar-refractivity contribution >= 4 is 30.4 Å². The summed E-state index contributed by atoms with van der Waals surface area (Å²) in [4.78, 5) is 0. The number of hydrogen-bond acceptors (Lipinski definition) is 2. The highest BCUT2D eigenvalue weighted by Gasteiger charge is 2.39. The Morgan fingerprint density at radius 3 is 1.60 bits per heavy atom. The lowest BCUT2D eigenvalue weighted by Crippen LogP contribution is -2.56. The van der Waals surface area contributed by atoms with E-state index in [2.05, 4.69) is 91.8 Å². The quantitative estimate of drug-likeness (QED) is 0.503. The fraction of sp³-hybridized carbons (Fsp3) is 0.600. The van der Waals surface area contributed by atoms with E-state index in [-0.39, 0.29) is 0 Å². The van der Waals surface area contributed by atoms with Crippen LogP contribution >= 0.6 is 0 Å². The van der Waals surface area contributed by atoms with Gasteiger partial charge in [0.25, 0.3) is 0 Å². The lowest BCUT2D eigenvalue weighted by atomic mass is 9.96. The van der Waals surface area contributed by atoms with Crippen molar-refractivity contribution in [1.29, 1.82) is 0 Å². The van der Waals surface area contributed by atoms with Crippen LogP contribution in [0.1, 0.15) is 50.7 Å². The molecule has 0 aliphatic heterocycles. The van der Waals surface area contributed by atoms with Gasteiger partial charge in [0.2, 0.25) is 8.32 Å². The van der Waals surface area contributed by atoms with Gasteiger partial charge in [-0.1, -0.05) is 51.6 Å². The summed E-state index contributed by atoms with van der Waals surface area (Å²) in [5.74, 6) is 1.05. The Morgan fingerprint density at radius 2 is 1.24 bits per heavy atom. The van der Waals surface area contributed by atoms with Gasteiger partial charge in [-0.05, 0) is 67.4 Å². The average molecular weight is 395 g/mol. The lowest BCUT2D eigenvalue weighted by Gasteiger charge is -2.38. The van der Waals surface area contributed by atoms with Gasteiger partial charge in [-0.3, -0.25) is 0 Å². The van der Waals surface area contributed by atoms with E-state index in [9.17, 15) is 0 Å². The third-order valence-corrected chi connectivity index (χ3v) is 15.2. The molecule has 5 heteroatoms. The van der Waals surface area contributed by atoms with Gasteiger partial charge in [0.05, 0.1) is 0 Å². The second-order valence-corrected chi connectivity index (χ2v) is 20.8. The van der Waals surface area contributed by atoms with E-state index in [0.29, 0.717) is 11.8 Å². The van der Waals surface area contributed by atoms with E-state index in [1.54, 1.807) is 0 Å². The first kappa shape index (κ1) is 22.6. The molecule has 0 N–H and O–H groups in total. The summed E-state index contributed by atoms with van der Waals surface area (Å²) in [5.41, 5.74) is 4.81. The van der Waals surface area contributed by atoms with Crippen LogP contribution < -0.4 is 5.19 Å². The van der Waals surface area contributed by atoms with Crippen molar-refractivity contribution in [2.24, 2.45) is 0 Å². The van der Waals surface area contributed by atoms with Crippen molar-refractivity contribution in [3.05, 3.63) is 41.6 Å². The summed E-state index contributed by atoms with van der Waals surface area (Å²) in [6, 6.07) is 7.09. The van der Waals surface area contributed by atoms with Crippen LogP contribution in [0.2, 0.25) is 39.3 Å². The van der Waals surface area contributed by atoms with Crippen molar-refractivity contribution in [3.8, 4) is 0 Å². The number of hydrogen-bond donors (Lipinski definition) is 0. The Hall–Kier alpha value is -0.469. The summed E-state index contributed by atoms with van der Waals surface area (Å²) in [6.45, 7) is 26.3. The van der Waals surface area contributed by atoms with Crippen LogP contribution in [-0.4, -0.2) is 25.2 Å². The van der Waals surface area contributed by atoms with Crippen LogP contribution in [0.25, 0.3) is 0 Å². The van der Waals surface area contributed by atoms with Crippen LogP contribution in [0.3, 0.4) is 0 Å². The molecule has 142 valence electrons. The molecular weight excluding hydrogens is 356 g/mol. The van der Waals surface area contributed by atoms with Crippen LogP contribution in [-0.2, 0) is 8.23 Å². The minimum atomic E-state index is -2.21. The summed E-state index contributed by atoms with van der Waals surface area (Å²) < 4.78 is 13.2. The first-order valence-corrected chi connectivity index (χ1v) is 18.1. The van der Waals surface area contributed by atoms with Crippen LogP contribution in [0.4, 0.5) is 0 Å². The van der Waals surface area contributed by atoms with Crippen LogP contribution in [0.15, 0.2) is 30.5 Å². The molecule has 0 saturated heterocycles. The Morgan fingerprint density at radius 1 is 0.800 bits per heavy atom. The highest BCUT2D eigenvalue weighted by molar-refractivity contribution is 6.93. The summed E-state index contributed by atoms with van der Waals surface area (Å²) >= 11 is 0. The summed E-state index contributed by atoms with van der Waals surface area (Å²) in [5, 5.41) is 1.38. The monoisotopic (exact) mass is 394 g/mol. The van der Waals surface area contributed by atoms with Gasteiger partial charge < -0.3 is 8.23 Å². The van der Waals surface area contributed by atoms with Crippen molar-refractivity contribution in [2.75, 3.05) is 0 Å². The van der Waals surface area contributed by atoms with Gasteiger partial charge in [0, 0.05) is 0 Å². The minimum absolute atomic E-state index is 0.524. The van der Waals surface area contributed by atoms with Crippen molar-refractivity contribution in [3.63, 3.8) is 0 Å². The molecule has 1 rings (SSSR count). The van der Waals surface area contributed by atoms with E-state index in [4.69, 9.17) is 8.23 Å². The molecule has 0 saturated carbocycles. The maximum absolute atomic E-state index is 6.76. The molecule has 0 spiro atoms. The zero-order chi connectivity index (χ0) is 19.6. The third kappa shape index (κ3) is 6.64. The topological polar surface area (TPSA) is 18.5 Å². The molecule has 25 heavy (non-hydrogen) atoms. The average Bonchev–Trinajstić information content (AvgIpc) is 2.44. The Kier molecular flexibility index (Phi) is 7.26. The Balaban J connectivity index is 3.22. The molecule has 2 nitrogen and oxygen atoms in total. The minimum Gasteiger partial charge on any atom is -0.433 e. The molecule has 0 amide bonds. The number of rotatable bonds is 8. The van der Waals surface area contributed by atoms with Gasteiger partial charge in [0.1, 0.15) is 0 Å². The van der Waals surface area contributed by atoms with E-state index < -0.39 is 25.2 Å². The predicted octanol–water partition coefficient (Wildman–Crippen LogP) is 6.01. The zero-order valence-corrected chi connectivity index (χ0v) is 21.0. The first-order valence-electron chi connectivity index (χ1n) is 9.38. The van der Waals surface area contributed by atoms with E-state index in [1.807, 2.05) is 5.70 Å². The second kappa shape index (κ2) is 8.05. The molecule has 1 aromatic rings. The van der Waals surface area contributed by atoms with Gasteiger partial charge in [0.15, 0.2) is 8.32 Å². The molecule has 0 aliphatic carbocycles. The molecule has 0 heterocycles. The molecule has 0 bridgehead atoms. The van der Waals surface area contributed by atoms with Crippen LogP contribution in [0, 0.1) is 0 Å². The maximum Gasteiger partial charge on any atom is 0.311 e. The van der Waals surface area contributed by atoms with Crippen LogP contribution in [0.5, 0.6) is 0 Å². The predicted molar refractivity (Wildman–Crippen MR) is 119 cm³/mol. The standard InChI is InChI=1S/C20H38O2Si3/c1-12-23(6,7)21-25(10,11)22-24(8,9)20-14-18(16(2)3)13-19(15-20)17(4)5/h12-17H,1H2,2-11H3. The van der Waals surface area contributed by atoms with Crippen molar-refractivity contribution in [2.45, 2.75) is 78.8 Å². The third-order valence-electron chi connectivity index (χ3n) is 4.51. The zero-order valence-electron chi connectivity index (χ0n) is 18.0. The Labute approximate surface area is 159 Å². The van der Waals surface area contributed by atoms with E-state index >= 15 is 0 Å². The normalized spacial score (nSPS) is 13.6. The second-order valence-electron chi connectivity index (χ2n) is 9.12. The Bertz CT molecular complexity index is 579. The molecule has 0 unspecified atom stereocenters. The SMILES string of the molecule is C=C[Si](C)(C)O[Si](C)(C)O[Si](C)(C)c1cc(C(C)C)cc(C(C)C)c1. The molecule has 0 radical (unpaired) electrons. The molecule has 1 aromatic carbocycles. The number of benzene rings is 1. The molecular formula is C20H38O2Si3. The summed E-state index contributed by atoms with van der Waals surface area (Å²) in [7, 11) is -6.12. The van der Waals surface area contributed by atoms with Gasteiger partial charge in [-0.2, -0.15) is 0 Å². The highest BCUT2D eigenvalue weighted by atomic mass is 28.5. The smallest absolute Gasteiger partial charge is 0.311 e. The molecule has 0 atom stereocenters. The largest absolute Gasteiger partial charge is 0.433 e. The maximum atomic E-state index is 6.76. The molecule has 0 aromatic heterocycles. The van der Waals surface area contributed by atoms with E-state index in [1.165, 1.54) is 16.3 Å². The fourth-order valence-electron chi connectivity index (χ4n) is 3.06. The summed E-state index contributed by atoms with van der Waals surface area (Å²) in [6.07, 6.45) is 0.